The molecular weight excluding hydrogens is 174 g/mol. The van der Waals surface area contributed by atoms with Gasteiger partial charge in [-0.05, 0) is 11.6 Å². The zero-order valence-corrected chi connectivity index (χ0v) is 7.59. The van der Waals surface area contributed by atoms with Gasteiger partial charge in [-0.2, -0.15) is 0 Å². The van der Waals surface area contributed by atoms with Gasteiger partial charge >= 0.3 is 0 Å². The second-order valence-electron chi connectivity index (χ2n) is 2.98. The van der Waals surface area contributed by atoms with Gasteiger partial charge < -0.3 is 5.11 Å². The summed E-state index contributed by atoms with van der Waals surface area (Å²) in [4.78, 5) is 4.05. The van der Waals surface area contributed by atoms with Crippen LogP contribution in [0.1, 0.15) is 17.4 Å². The molecule has 0 aliphatic heterocycles. The first kappa shape index (κ1) is 8.91. The molecule has 69 valence electrons. The predicted molar refractivity (Wildman–Crippen MR) is 53.6 cm³/mol. The fourth-order valence-electron chi connectivity index (χ4n) is 1.28. The maximum atomic E-state index is 9.90. The summed E-state index contributed by atoms with van der Waals surface area (Å²) in [5.74, 6) is 0. The van der Waals surface area contributed by atoms with Crippen LogP contribution < -0.4 is 0 Å². The van der Waals surface area contributed by atoms with E-state index in [0.29, 0.717) is 5.69 Å². The predicted octanol–water partition coefficient (Wildman–Crippen LogP) is 1.96. The van der Waals surface area contributed by atoms with Crippen LogP contribution in [0.25, 0.3) is 0 Å². The first-order valence-corrected chi connectivity index (χ1v) is 4.43. The molecule has 2 rings (SSSR count). The molecule has 0 aliphatic rings. The van der Waals surface area contributed by atoms with Gasteiger partial charge in [-0.1, -0.05) is 36.4 Å². The van der Waals surface area contributed by atoms with Crippen LogP contribution in [0.15, 0.2) is 48.7 Å². The molecule has 1 atom stereocenters. The summed E-state index contributed by atoms with van der Waals surface area (Å²) in [6, 6.07) is 15.9. The van der Waals surface area contributed by atoms with Crippen molar-refractivity contribution in [2.45, 2.75) is 6.10 Å². The van der Waals surface area contributed by atoms with Gasteiger partial charge in [-0.15, -0.1) is 0 Å². The lowest BCUT2D eigenvalue weighted by Gasteiger charge is -2.08. The van der Waals surface area contributed by atoms with E-state index < -0.39 is 6.10 Å². The van der Waals surface area contributed by atoms with Gasteiger partial charge in [-0.25, -0.2) is 0 Å². The quantitative estimate of drug-likeness (QED) is 0.774. The van der Waals surface area contributed by atoms with Gasteiger partial charge in [0.1, 0.15) is 6.10 Å². The van der Waals surface area contributed by atoms with E-state index in [0.717, 1.165) is 5.56 Å². The molecule has 14 heavy (non-hydrogen) atoms. The van der Waals surface area contributed by atoms with Crippen molar-refractivity contribution in [3.8, 4) is 0 Å². The Morgan fingerprint density at radius 3 is 2.57 bits per heavy atom. The molecule has 1 aromatic carbocycles. The number of benzene rings is 1. The second kappa shape index (κ2) is 4.03. The van der Waals surface area contributed by atoms with Crippen molar-refractivity contribution in [2.24, 2.45) is 0 Å². The third-order valence-electron chi connectivity index (χ3n) is 2.00. The molecule has 0 aliphatic carbocycles. The molecule has 0 spiro atoms. The second-order valence-corrected chi connectivity index (χ2v) is 2.98. The van der Waals surface area contributed by atoms with E-state index in [-0.39, 0.29) is 0 Å². The molecule has 0 fully saturated rings. The van der Waals surface area contributed by atoms with Crippen LogP contribution in [0.5, 0.6) is 0 Å². The third kappa shape index (κ3) is 1.80. The van der Waals surface area contributed by atoms with E-state index in [1.165, 1.54) is 0 Å². The molecular formula is C12H10NO. The van der Waals surface area contributed by atoms with Gasteiger partial charge in [0.05, 0.1) is 5.69 Å². The largest absolute Gasteiger partial charge is 0.382 e. The highest BCUT2D eigenvalue weighted by molar-refractivity contribution is 5.24. The van der Waals surface area contributed by atoms with E-state index in [9.17, 15) is 5.11 Å². The summed E-state index contributed by atoms with van der Waals surface area (Å²) < 4.78 is 0. The lowest BCUT2D eigenvalue weighted by atomic mass is 10.1. The Labute approximate surface area is 82.9 Å². The summed E-state index contributed by atoms with van der Waals surface area (Å²) >= 11 is 0. The van der Waals surface area contributed by atoms with Crippen molar-refractivity contribution < 1.29 is 5.11 Å². The minimum absolute atomic E-state index is 0.554. The number of nitrogens with zero attached hydrogens (tertiary/aromatic N) is 1. The number of hydrogen-bond donors (Lipinski definition) is 1. The molecule has 0 amide bonds. The summed E-state index contributed by atoms with van der Waals surface area (Å²) in [6.45, 7) is 0. The smallest absolute Gasteiger partial charge is 0.122 e. The molecule has 1 radical (unpaired) electrons. The van der Waals surface area contributed by atoms with E-state index in [1.54, 1.807) is 18.3 Å². The van der Waals surface area contributed by atoms with Crippen LogP contribution in [-0.4, -0.2) is 10.1 Å². The number of aliphatic hydroxyl groups excluding tert-OH is 1. The topological polar surface area (TPSA) is 33.1 Å². The normalized spacial score (nSPS) is 12.4. The van der Waals surface area contributed by atoms with Crippen LogP contribution in [0, 0.1) is 6.07 Å². The number of hydrogen-bond acceptors (Lipinski definition) is 2. The van der Waals surface area contributed by atoms with Crippen molar-refractivity contribution >= 4 is 0 Å². The summed E-state index contributed by atoms with van der Waals surface area (Å²) in [5.41, 5.74) is 1.39. The Bertz CT molecular complexity index is 346. The summed E-state index contributed by atoms with van der Waals surface area (Å²) in [5, 5.41) is 9.90. The monoisotopic (exact) mass is 184 g/mol. The Morgan fingerprint density at radius 1 is 1.14 bits per heavy atom. The number of aromatic nitrogens is 1. The molecule has 1 aromatic heterocycles. The van der Waals surface area contributed by atoms with Crippen molar-refractivity contribution in [1.29, 1.82) is 0 Å². The lowest BCUT2D eigenvalue weighted by Crippen LogP contribution is -2.01. The molecule has 0 saturated carbocycles. The van der Waals surface area contributed by atoms with Gasteiger partial charge in [0.2, 0.25) is 0 Å². The van der Waals surface area contributed by atoms with Gasteiger partial charge in [0.25, 0.3) is 0 Å². The Kier molecular flexibility index (Phi) is 2.56. The zero-order chi connectivity index (χ0) is 9.80. The number of aliphatic hydroxyl groups is 1. The van der Waals surface area contributed by atoms with E-state index >= 15 is 0 Å². The van der Waals surface area contributed by atoms with E-state index in [1.807, 2.05) is 30.3 Å². The minimum Gasteiger partial charge on any atom is -0.382 e. The van der Waals surface area contributed by atoms with Crippen molar-refractivity contribution in [2.75, 3.05) is 0 Å². The lowest BCUT2D eigenvalue weighted by molar-refractivity contribution is 0.215. The van der Waals surface area contributed by atoms with Crippen LogP contribution in [0.3, 0.4) is 0 Å². The standard InChI is InChI=1S/C12H10NO/c14-12(10-6-2-1-3-7-10)11-8-4-5-9-13-11/h1-7,9,12,14H. The molecule has 1 heterocycles. The van der Waals surface area contributed by atoms with E-state index in [2.05, 4.69) is 11.1 Å². The van der Waals surface area contributed by atoms with Crippen LogP contribution in [0.2, 0.25) is 0 Å². The van der Waals surface area contributed by atoms with Crippen molar-refractivity contribution in [3.05, 3.63) is 66.0 Å². The molecule has 0 saturated heterocycles. The fraction of sp³-hybridized carbons (Fsp3) is 0.0833. The Morgan fingerprint density at radius 2 is 1.93 bits per heavy atom. The van der Waals surface area contributed by atoms with Crippen LogP contribution in [0.4, 0.5) is 0 Å². The highest BCUT2D eigenvalue weighted by Gasteiger charge is 2.09. The van der Waals surface area contributed by atoms with Crippen molar-refractivity contribution in [1.82, 2.24) is 4.98 Å². The highest BCUT2D eigenvalue weighted by atomic mass is 16.3. The first-order valence-electron chi connectivity index (χ1n) is 4.43. The van der Waals surface area contributed by atoms with Gasteiger partial charge in [-0.3, -0.25) is 4.98 Å². The van der Waals surface area contributed by atoms with Crippen LogP contribution >= 0.6 is 0 Å². The molecule has 1 N–H and O–H groups in total. The van der Waals surface area contributed by atoms with Crippen molar-refractivity contribution in [3.63, 3.8) is 0 Å². The van der Waals surface area contributed by atoms with Gasteiger partial charge in [0, 0.05) is 12.3 Å². The Balaban J connectivity index is 2.30. The maximum absolute atomic E-state index is 9.90. The first-order chi connectivity index (χ1) is 6.88. The average molecular weight is 184 g/mol. The van der Waals surface area contributed by atoms with Crippen LogP contribution in [-0.2, 0) is 0 Å². The molecule has 2 aromatic rings. The summed E-state index contributed by atoms with van der Waals surface area (Å²) in [7, 11) is 0. The zero-order valence-electron chi connectivity index (χ0n) is 7.59. The maximum Gasteiger partial charge on any atom is 0.122 e. The third-order valence-corrected chi connectivity index (χ3v) is 2.00. The highest BCUT2D eigenvalue weighted by Crippen LogP contribution is 2.18. The molecule has 2 heteroatoms. The average Bonchev–Trinajstić information content (AvgIpc) is 2.30. The number of pyridine rings is 1. The number of rotatable bonds is 2. The molecule has 0 bridgehead atoms. The summed E-state index contributed by atoms with van der Waals surface area (Å²) in [6.07, 6.45) is 0.968. The Hall–Kier alpha value is -1.67. The van der Waals surface area contributed by atoms with E-state index in [4.69, 9.17) is 0 Å². The molecule has 1 unspecified atom stereocenters. The van der Waals surface area contributed by atoms with Gasteiger partial charge in [0.15, 0.2) is 0 Å². The minimum atomic E-state index is -0.683. The molecule has 2 nitrogen and oxygen atoms in total. The SMILES string of the molecule is OC(c1ccccc1)c1[c]cccn1. The fourth-order valence-corrected chi connectivity index (χ4v) is 1.28.